The Labute approximate surface area is 204 Å². The molecule has 2 aromatic carbocycles. The van der Waals surface area contributed by atoms with Crippen LogP contribution in [0.15, 0.2) is 30.3 Å². The third kappa shape index (κ3) is 6.16. The van der Waals surface area contributed by atoms with Crippen molar-refractivity contribution in [3.05, 3.63) is 58.1 Å². The van der Waals surface area contributed by atoms with Crippen LogP contribution < -0.4 is 5.32 Å². The van der Waals surface area contributed by atoms with Crippen LogP contribution >= 0.6 is 24.8 Å². The van der Waals surface area contributed by atoms with E-state index in [2.05, 4.69) is 15.1 Å². The molecule has 0 saturated carbocycles. The fourth-order valence-corrected chi connectivity index (χ4v) is 4.80. The topological polar surface area (TPSA) is 55.8 Å². The summed E-state index contributed by atoms with van der Waals surface area (Å²) in [4.78, 5) is 17.8. The van der Waals surface area contributed by atoms with Crippen LogP contribution in [-0.4, -0.2) is 47.0 Å². The van der Waals surface area contributed by atoms with Crippen molar-refractivity contribution in [2.24, 2.45) is 0 Å². The van der Waals surface area contributed by atoms with Gasteiger partial charge in [-0.2, -0.15) is 0 Å². The Hall–Kier alpha value is -1.79. The van der Waals surface area contributed by atoms with E-state index in [1.165, 1.54) is 25.7 Å². The maximum atomic E-state index is 13.1. The van der Waals surface area contributed by atoms with E-state index in [1.807, 2.05) is 44.2 Å². The lowest BCUT2D eigenvalue weighted by Gasteiger charge is -2.21. The quantitative estimate of drug-likeness (QED) is 0.552. The van der Waals surface area contributed by atoms with Crippen molar-refractivity contribution in [3.8, 4) is 5.75 Å². The van der Waals surface area contributed by atoms with Gasteiger partial charge < -0.3 is 10.4 Å². The number of benzene rings is 2. The minimum atomic E-state index is -0.0875. The average Bonchev–Trinajstić information content (AvgIpc) is 3.39. The predicted octanol–water partition coefficient (Wildman–Crippen LogP) is 5.30. The van der Waals surface area contributed by atoms with Crippen molar-refractivity contribution in [2.75, 3.05) is 31.5 Å². The number of amides is 1. The summed E-state index contributed by atoms with van der Waals surface area (Å²) in [6.45, 7) is 9.67. The number of carbonyl (C=O) groups excluding carboxylic acids is 1. The van der Waals surface area contributed by atoms with Gasteiger partial charge in [0.25, 0.3) is 5.91 Å². The van der Waals surface area contributed by atoms with Gasteiger partial charge in [0.2, 0.25) is 0 Å². The molecule has 2 N–H and O–H groups in total. The van der Waals surface area contributed by atoms with Gasteiger partial charge in [0.1, 0.15) is 5.75 Å². The second-order valence-corrected chi connectivity index (χ2v) is 8.83. The van der Waals surface area contributed by atoms with E-state index in [9.17, 15) is 9.90 Å². The molecular weight excluding hydrogens is 445 g/mol. The van der Waals surface area contributed by atoms with E-state index in [0.29, 0.717) is 5.75 Å². The Balaban J connectivity index is 0.00000181. The number of aryl methyl sites for hydroxylation is 2. The van der Waals surface area contributed by atoms with Gasteiger partial charge in [0.15, 0.2) is 0 Å². The second kappa shape index (κ2) is 11.9. The Kier molecular flexibility index (Phi) is 9.83. The molecule has 5 nitrogen and oxygen atoms in total. The summed E-state index contributed by atoms with van der Waals surface area (Å²) in [6, 6.07) is 9.82. The third-order valence-corrected chi connectivity index (χ3v) is 6.42. The highest BCUT2D eigenvalue weighted by Crippen LogP contribution is 2.31. The van der Waals surface area contributed by atoms with Crippen LogP contribution in [-0.2, 0) is 13.1 Å². The molecule has 2 saturated heterocycles. The van der Waals surface area contributed by atoms with E-state index >= 15 is 0 Å². The van der Waals surface area contributed by atoms with Crippen molar-refractivity contribution >= 4 is 36.4 Å². The fraction of sp³-hybridized carbons (Fsp3) is 0.480. The number of rotatable bonds is 6. The van der Waals surface area contributed by atoms with E-state index < -0.39 is 0 Å². The predicted molar refractivity (Wildman–Crippen MR) is 135 cm³/mol. The molecular formula is C25H35Cl2N3O2. The molecule has 176 valence electrons. The standard InChI is InChI=1S/C25H33N3O2.2ClH/c1-18-8-7-9-19(2)23(18)25(30)26-22-14-20(16-27-10-3-4-11-27)24(29)21(15-22)17-28-12-5-6-13-28;;/h7-9,14-15,29H,3-6,10-13,16-17H2,1-2H3,(H,26,30);2*1H. The molecule has 1 amide bonds. The number of aromatic hydroxyl groups is 1. The van der Waals surface area contributed by atoms with Gasteiger partial charge in [0, 0.05) is 35.5 Å². The SMILES string of the molecule is Cc1cccc(C)c1C(=O)Nc1cc(CN2CCCC2)c(O)c(CN2CCCC2)c1.Cl.Cl. The number of nitrogens with zero attached hydrogens (tertiary/aromatic N) is 2. The number of likely N-dealkylation sites (tertiary alicyclic amines) is 2. The van der Waals surface area contributed by atoms with Crippen molar-refractivity contribution in [1.29, 1.82) is 0 Å². The molecule has 2 aliphatic heterocycles. The van der Waals surface area contributed by atoms with Gasteiger partial charge in [-0.05, 0) is 89.0 Å². The Morgan fingerprint density at radius 3 is 1.75 bits per heavy atom. The smallest absolute Gasteiger partial charge is 0.256 e. The minimum Gasteiger partial charge on any atom is -0.507 e. The first-order valence-corrected chi connectivity index (χ1v) is 11.2. The molecule has 0 aliphatic carbocycles. The summed E-state index contributed by atoms with van der Waals surface area (Å²) in [6.07, 6.45) is 4.85. The first-order chi connectivity index (χ1) is 14.5. The van der Waals surface area contributed by atoms with E-state index in [-0.39, 0.29) is 30.7 Å². The Morgan fingerprint density at radius 1 is 0.875 bits per heavy atom. The first kappa shape index (κ1) is 26.5. The number of phenolic OH excluding ortho intramolecular Hbond substituents is 1. The zero-order valence-corrected chi connectivity index (χ0v) is 20.7. The lowest BCUT2D eigenvalue weighted by atomic mass is 10.0. The monoisotopic (exact) mass is 479 g/mol. The fourth-order valence-electron chi connectivity index (χ4n) is 4.80. The number of halogens is 2. The molecule has 7 heteroatoms. The van der Waals surface area contributed by atoms with Crippen LogP contribution in [0.2, 0.25) is 0 Å². The molecule has 32 heavy (non-hydrogen) atoms. The molecule has 2 aromatic rings. The number of carbonyl (C=O) groups is 1. The summed E-state index contributed by atoms with van der Waals surface area (Å²) < 4.78 is 0. The van der Waals surface area contributed by atoms with Gasteiger partial charge in [-0.25, -0.2) is 0 Å². The minimum absolute atomic E-state index is 0. The number of hydrogen-bond acceptors (Lipinski definition) is 4. The van der Waals surface area contributed by atoms with Crippen molar-refractivity contribution < 1.29 is 9.90 Å². The molecule has 0 bridgehead atoms. The van der Waals surface area contributed by atoms with Crippen LogP contribution in [0, 0.1) is 13.8 Å². The van der Waals surface area contributed by atoms with Gasteiger partial charge in [0.05, 0.1) is 0 Å². The molecule has 2 fully saturated rings. The second-order valence-electron chi connectivity index (χ2n) is 8.83. The number of phenols is 1. The van der Waals surface area contributed by atoms with Crippen molar-refractivity contribution in [1.82, 2.24) is 9.80 Å². The Bertz CT molecular complexity index is 864. The highest BCUT2D eigenvalue weighted by Gasteiger charge is 2.20. The van der Waals surface area contributed by atoms with Gasteiger partial charge >= 0.3 is 0 Å². The molecule has 0 spiro atoms. The third-order valence-electron chi connectivity index (χ3n) is 6.42. The first-order valence-electron chi connectivity index (χ1n) is 11.2. The van der Waals surface area contributed by atoms with E-state index in [4.69, 9.17) is 0 Å². The molecule has 0 aromatic heterocycles. The summed E-state index contributed by atoms with van der Waals surface area (Å²) in [5.74, 6) is 0.300. The summed E-state index contributed by atoms with van der Waals surface area (Å²) in [7, 11) is 0. The molecule has 4 rings (SSSR count). The lowest BCUT2D eigenvalue weighted by molar-refractivity contribution is 0.102. The molecule has 0 radical (unpaired) electrons. The number of hydrogen-bond donors (Lipinski definition) is 2. The van der Waals surface area contributed by atoms with E-state index in [0.717, 1.165) is 72.8 Å². The maximum absolute atomic E-state index is 13.1. The zero-order chi connectivity index (χ0) is 21.1. The zero-order valence-electron chi connectivity index (χ0n) is 19.0. The van der Waals surface area contributed by atoms with Crippen LogP contribution in [0.3, 0.4) is 0 Å². The van der Waals surface area contributed by atoms with Crippen LogP contribution in [0.1, 0.15) is 58.3 Å². The average molecular weight is 480 g/mol. The Morgan fingerprint density at radius 2 is 1.31 bits per heavy atom. The summed E-state index contributed by atoms with van der Waals surface area (Å²) in [5.41, 5.74) is 5.26. The van der Waals surface area contributed by atoms with Gasteiger partial charge in [-0.3, -0.25) is 14.6 Å². The molecule has 0 unspecified atom stereocenters. The lowest BCUT2D eigenvalue weighted by Crippen LogP contribution is -2.21. The van der Waals surface area contributed by atoms with Crippen molar-refractivity contribution in [3.63, 3.8) is 0 Å². The number of nitrogens with one attached hydrogen (secondary N) is 1. The van der Waals surface area contributed by atoms with Crippen LogP contribution in [0.4, 0.5) is 5.69 Å². The van der Waals surface area contributed by atoms with Crippen LogP contribution in [0.5, 0.6) is 5.75 Å². The van der Waals surface area contributed by atoms with Gasteiger partial charge in [-0.1, -0.05) is 18.2 Å². The van der Waals surface area contributed by atoms with E-state index in [1.54, 1.807) is 0 Å². The number of anilines is 1. The highest BCUT2D eigenvalue weighted by atomic mass is 35.5. The van der Waals surface area contributed by atoms with Crippen LogP contribution in [0.25, 0.3) is 0 Å². The summed E-state index contributed by atoms with van der Waals surface area (Å²) in [5, 5.41) is 14.1. The normalized spacial score (nSPS) is 16.4. The molecule has 2 heterocycles. The largest absolute Gasteiger partial charge is 0.507 e. The molecule has 0 atom stereocenters. The summed E-state index contributed by atoms with van der Waals surface area (Å²) >= 11 is 0. The molecule has 2 aliphatic rings. The van der Waals surface area contributed by atoms with Gasteiger partial charge in [-0.15, -0.1) is 24.8 Å². The highest BCUT2D eigenvalue weighted by molar-refractivity contribution is 6.06. The van der Waals surface area contributed by atoms with Crippen molar-refractivity contribution in [2.45, 2.75) is 52.6 Å². The maximum Gasteiger partial charge on any atom is 0.256 e.